The highest BCUT2D eigenvalue weighted by Crippen LogP contribution is 2.52. The summed E-state index contributed by atoms with van der Waals surface area (Å²) in [4.78, 5) is 17.0. The Labute approximate surface area is 190 Å². The van der Waals surface area contributed by atoms with Gasteiger partial charge in [-0.25, -0.2) is 4.79 Å². The largest absolute Gasteiger partial charge is 0.460 e. The molecule has 7 atom stereocenters. The summed E-state index contributed by atoms with van der Waals surface area (Å²) >= 11 is 0. The van der Waals surface area contributed by atoms with Crippen LogP contribution in [0.3, 0.4) is 0 Å². The number of rotatable bonds is 5. The molecule has 2 N–H and O–H groups in total. The molecular weight excluding hydrogens is 402 g/mol. The molecule has 170 valence electrons. The Morgan fingerprint density at radius 3 is 2.66 bits per heavy atom. The Hall–Kier alpha value is -2.50. The standard InChI is InChI=1S/C27H33NO4/c1-5-21-16(2)14-27(31)25(18(4)32-26(27)30)24(21)13-12-20-11-10-19(15-28-20)23-9-7-6-8-22(23)17(3)29/h6-13,15-18,21,24-25,29,31H,5,14H2,1-4H3/b13-12+. The molecule has 2 aliphatic rings. The molecular formula is C27H33NO4. The van der Waals surface area contributed by atoms with Crippen molar-refractivity contribution in [1.29, 1.82) is 0 Å². The molecule has 0 amide bonds. The third-order valence-corrected chi connectivity index (χ3v) is 7.45. The second-order valence-corrected chi connectivity index (χ2v) is 9.49. The van der Waals surface area contributed by atoms with Gasteiger partial charge in [-0.2, -0.15) is 0 Å². The molecule has 1 aromatic heterocycles. The van der Waals surface area contributed by atoms with Gasteiger partial charge in [-0.1, -0.05) is 56.7 Å². The van der Waals surface area contributed by atoms with Crippen molar-refractivity contribution in [3.8, 4) is 11.1 Å². The second kappa shape index (κ2) is 8.80. The smallest absolute Gasteiger partial charge is 0.338 e. The summed E-state index contributed by atoms with van der Waals surface area (Å²) in [7, 11) is 0. The van der Waals surface area contributed by atoms with E-state index in [1.54, 1.807) is 6.92 Å². The number of hydrogen-bond acceptors (Lipinski definition) is 5. The minimum absolute atomic E-state index is 0.0349. The van der Waals surface area contributed by atoms with Gasteiger partial charge in [-0.05, 0) is 61.3 Å². The van der Waals surface area contributed by atoms with Crippen LogP contribution in [0.25, 0.3) is 17.2 Å². The number of benzene rings is 1. The van der Waals surface area contributed by atoms with Gasteiger partial charge in [0.05, 0.1) is 11.8 Å². The average Bonchev–Trinajstić information content (AvgIpc) is 2.99. The van der Waals surface area contributed by atoms with Gasteiger partial charge < -0.3 is 14.9 Å². The van der Waals surface area contributed by atoms with Crippen molar-refractivity contribution < 1.29 is 19.7 Å². The van der Waals surface area contributed by atoms with Crippen LogP contribution in [-0.2, 0) is 9.53 Å². The van der Waals surface area contributed by atoms with E-state index in [2.05, 4.69) is 24.9 Å². The Balaban J connectivity index is 1.61. The lowest BCUT2D eigenvalue weighted by atomic mass is 9.59. The number of hydrogen-bond donors (Lipinski definition) is 2. The van der Waals surface area contributed by atoms with Gasteiger partial charge >= 0.3 is 5.97 Å². The lowest BCUT2D eigenvalue weighted by Gasteiger charge is -2.45. The number of fused-ring (bicyclic) bond motifs is 1. The average molecular weight is 436 g/mol. The van der Waals surface area contributed by atoms with Crippen LogP contribution in [0, 0.1) is 23.7 Å². The van der Waals surface area contributed by atoms with E-state index in [4.69, 9.17) is 4.74 Å². The van der Waals surface area contributed by atoms with Crippen LogP contribution in [0.15, 0.2) is 48.7 Å². The number of esters is 1. The van der Waals surface area contributed by atoms with Crippen LogP contribution >= 0.6 is 0 Å². The normalized spacial score (nSPS) is 33.2. The van der Waals surface area contributed by atoms with Crippen molar-refractivity contribution >= 4 is 12.0 Å². The van der Waals surface area contributed by atoms with Gasteiger partial charge in [0.15, 0.2) is 5.60 Å². The SMILES string of the molecule is CCC1C(C)CC2(O)C(=O)OC(C)C2C1/C=C/c1ccc(-c2ccccc2C(C)O)cn1. The van der Waals surface area contributed by atoms with Crippen LogP contribution < -0.4 is 0 Å². The van der Waals surface area contributed by atoms with Gasteiger partial charge in [-0.3, -0.25) is 4.98 Å². The summed E-state index contributed by atoms with van der Waals surface area (Å²) in [6.45, 7) is 7.93. The molecule has 1 saturated heterocycles. The van der Waals surface area contributed by atoms with Crippen molar-refractivity contribution in [2.45, 2.75) is 58.3 Å². The molecule has 2 aromatic rings. The number of carbonyl (C=O) groups excluding carboxylic acids is 1. The summed E-state index contributed by atoms with van der Waals surface area (Å²) in [5, 5.41) is 21.3. The highest BCUT2D eigenvalue weighted by atomic mass is 16.6. The molecule has 0 radical (unpaired) electrons. The fourth-order valence-electron chi connectivity index (χ4n) is 5.94. The topological polar surface area (TPSA) is 79.7 Å². The first kappa shape index (κ1) is 22.7. The fourth-order valence-corrected chi connectivity index (χ4v) is 5.94. The van der Waals surface area contributed by atoms with Crippen LogP contribution in [0.5, 0.6) is 0 Å². The first-order valence-corrected chi connectivity index (χ1v) is 11.6. The quantitative estimate of drug-likeness (QED) is 0.660. The summed E-state index contributed by atoms with van der Waals surface area (Å²) in [5.41, 5.74) is 2.21. The number of ether oxygens (including phenoxy) is 1. The van der Waals surface area contributed by atoms with Crippen molar-refractivity contribution in [1.82, 2.24) is 4.98 Å². The van der Waals surface area contributed by atoms with Crippen molar-refractivity contribution in [2.24, 2.45) is 23.7 Å². The molecule has 5 nitrogen and oxygen atoms in total. The van der Waals surface area contributed by atoms with Crippen molar-refractivity contribution in [2.75, 3.05) is 0 Å². The third kappa shape index (κ3) is 3.89. The lowest BCUT2D eigenvalue weighted by molar-refractivity contribution is -0.160. The molecule has 7 unspecified atom stereocenters. The lowest BCUT2D eigenvalue weighted by Crippen LogP contribution is -2.53. The minimum atomic E-state index is -1.40. The molecule has 0 bridgehead atoms. The van der Waals surface area contributed by atoms with Crippen molar-refractivity contribution in [3.05, 3.63) is 59.9 Å². The van der Waals surface area contributed by atoms with Crippen LogP contribution in [0.2, 0.25) is 0 Å². The number of aromatic nitrogens is 1. The fraction of sp³-hybridized carbons (Fsp3) is 0.481. The van der Waals surface area contributed by atoms with E-state index in [0.717, 1.165) is 28.8 Å². The maximum absolute atomic E-state index is 12.4. The Kier molecular flexibility index (Phi) is 6.24. The molecule has 1 aliphatic carbocycles. The van der Waals surface area contributed by atoms with Crippen molar-refractivity contribution in [3.63, 3.8) is 0 Å². The van der Waals surface area contributed by atoms with E-state index < -0.39 is 17.7 Å². The number of nitrogens with zero attached hydrogens (tertiary/aromatic N) is 1. The highest BCUT2D eigenvalue weighted by molar-refractivity contribution is 5.82. The number of aliphatic hydroxyl groups excluding tert-OH is 1. The van der Waals surface area contributed by atoms with Gasteiger partial charge in [0.25, 0.3) is 0 Å². The van der Waals surface area contributed by atoms with Crippen LogP contribution in [0.1, 0.15) is 57.9 Å². The number of carbonyl (C=O) groups is 1. The Bertz CT molecular complexity index is 999. The number of pyridine rings is 1. The molecule has 32 heavy (non-hydrogen) atoms. The predicted octanol–water partition coefficient (Wildman–Crippen LogP) is 4.79. The molecule has 2 heterocycles. The summed E-state index contributed by atoms with van der Waals surface area (Å²) in [6, 6.07) is 11.8. The van der Waals surface area contributed by atoms with Crippen LogP contribution in [0.4, 0.5) is 0 Å². The molecule has 2 fully saturated rings. The Morgan fingerprint density at radius 2 is 2.00 bits per heavy atom. The molecule has 0 spiro atoms. The first-order chi connectivity index (χ1) is 15.3. The zero-order valence-corrected chi connectivity index (χ0v) is 19.2. The first-order valence-electron chi connectivity index (χ1n) is 11.6. The monoisotopic (exact) mass is 435 g/mol. The van der Waals surface area contributed by atoms with E-state index in [0.29, 0.717) is 12.3 Å². The van der Waals surface area contributed by atoms with Crippen LogP contribution in [-0.4, -0.2) is 32.9 Å². The highest BCUT2D eigenvalue weighted by Gasteiger charge is 2.62. The molecule has 5 heteroatoms. The van der Waals surface area contributed by atoms with E-state index in [1.807, 2.05) is 55.6 Å². The number of allylic oxidation sites excluding steroid dienone is 1. The third-order valence-electron chi connectivity index (χ3n) is 7.45. The van der Waals surface area contributed by atoms with E-state index in [9.17, 15) is 15.0 Å². The molecule has 1 aromatic carbocycles. The zero-order valence-electron chi connectivity index (χ0n) is 19.2. The van der Waals surface area contributed by atoms with E-state index in [-0.39, 0.29) is 23.9 Å². The zero-order chi connectivity index (χ0) is 23.0. The Morgan fingerprint density at radius 1 is 1.25 bits per heavy atom. The molecule has 1 aliphatic heterocycles. The second-order valence-electron chi connectivity index (χ2n) is 9.49. The summed E-state index contributed by atoms with van der Waals surface area (Å²) in [5.74, 6) is -0.0991. The summed E-state index contributed by atoms with van der Waals surface area (Å²) < 4.78 is 5.47. The molecule has 4 rings (SSSR count). The van der Waals surface area contributed by atoms with Gasteiger partial charge in [0, 0.05) is 17.7 Å². The maximum atomic E-state index is 12.4. The van der Waals surface area contributed by atoms with Gasteiger partial charge in [0.1, 0.15) is 6.10 Å². The number of aliphatic hydroxyl groups is 2. The van der Waals surface area contributed by atoms with E-state index >= 15 is 0 Å². The minimum Gasteiger partial charge on any atom is -0.460 e. The predicted molar refractivity (Wildman–Crippen MR) is 124 cm³/mol. The number of cyclic esters (lactones) is 1. The van der Waals surface area contributed by atoms with Gasteiger partial charge in [-0.15, -0.1) is 0 Å². The summed E-state index contributed by atoms with van der Waals surface area (Å²) in [6.07, 6.45) is 6.50. The molecule has 1 saturated carbocycles. The maximum Gasteiger partial charge on any atom is 0.338 e. The van der Waals surface area contributed by atoms with Gasteiger partial charge in [0.2, 0.25) is 0 Å². The van der Waals surface area contributed by atoms with E-state index in [1.165, 1.54) is 0 Å².